The molecule has 1 aliphatic heterocycles. The third-order valence-electron chi connectivity index (χ3n) is 2.10. The summed E-state index contributed by atoms with van der Waals surface area (Å²) in [5.41, 5.74) is 6.38. The molecular weight excluding hydrogens is 173 g/mol. The average Bonchev–Trinajstić information content (AvgIpc) is 2.47. The molecule has 1 aliphatic rings. The Hall–Kier alpha value is -1.29. The Kier molecular flexibility index (Phi) is 1.84. The fraction of sp³-hybridized carbons (Fsp3) is 0.333. The second-order valence-electron chi connectivity index (χ2n) is 2.94. The maximum atomic E-state index is 13.2. The third kappa shape index (κ3) is 1.23. The second kappa shape index (κ2) is 2.88. The van der Waals surface area contributed by atoms with E-state index in [4.69, 9.17) is 15.2 Å². The van der Waals surface area contributed by atoms with Crippen LogP contribution in [-0.2, 0) is 0 Å². The van der Waals surface area contributed by atoms with Crippen molar-refractivity contribution in [1.82, 2.24) is 0 Å². The van der Waals surface area contributed by atoms with Crippen molar-refractivity contribution in [3.05, 3.63) is 23.5 Å². The normalized spacial score (nSPS) is 19.5. The number of hydrogen-bond donors (Lipinski definition) is 1. The predicted molar refractivity (Wildman–Crippen MR) is 45.4 cm³/mol. The van der Waals surface area contributed by atoms with Crippen LogP contribution < -0.4 is 15.2 Å². The molecule has 0 aliphatic carbocycles. The standard InChI is InChI=1S/C9H10FNO2/c1-12-9-3-8-5(2-6(9)10)7(11)4-13-8/h2-3,7H,4,11H2,1H3/t7-/m1/s1. The van der Waals surface area contributed by atoms with E-state index in [-0.39, 0.29) is 11.8 Å². The third-order valence-corrected chi connectivity index (χ3v) is 2.10. The van der Waals surface area contributed by atoms with Gasteiger partial charge >= 0.3 is 0 Å². The van der Waals surface area contributed by atoms with Crippen LogP contribution in [0.2, 0.25) is 0 Å². The van der Waals surface area contributed by atoms with E-state index in [9.17, 15) is 4.39 Å². The first-order valence-corrected chi connectivity index (χ1v) is 3.98. The van der Waals surface area contributed by atoms with E-state index in [0.29, 0.717) is 17.9 Å². The van der Waals surface area contributed by atoms with Gasteiger partial charge in [0.2, 0.25) is 0 Å². The molecule has 13 heavy (non-hydrogen) atoms. The summed E-state index contributed by atoms with van der Waals surface area (Å²) in [5.74, 6) is 0.404. The molecule has 1 aromatic carbocycles. The zero-order valence-electron chi connectivity index (χ0n) is 7.21. The highest BCUT2D eigenvalue weighted by Gasteiger charge is 2.23. The molecule has 70 valence electrons. The molecule has 0 radical (unpaired) electrons. The molecule has 0 aromatic heterocycles. The Balaban J connectivity index is 2.50. The van der Waals surface area contributed by atoms with Crippen molar-refractivity contribution in [2.24, 2.45) is 5.73 Å². The topological polar surface area (TPSA) is 44.5 Å². The van der Waals surface area contributed by atoms with Crippen LogP contribution in [0.15, 0.2) is 12.1 Å². The van der Waals surface area contributed by atoms with E-state index in [2.05, 4.69) is 0 Å². The maximum Gasteiger partial charge on any atom is 0.165 e. The number of methoxy groups -OCH3 is 1. The summed E-state index contributed by atoms with van der Waals surface area (Å²) >= 11 is 0. The van der Waals surface area contributed by atoms with E-state index in [1.54, 1.807) is 0 Å². The molecule has 0 spiro atoms. The van der Waals surface area contributed by atoms with Crippen molar-refractivity contribution < 1.29 is 13.9 Å². The Morgan fingerprint density at radius 1 is 1.62 bits per heavy atom. The number of nitrogens with two attached hydrogens (primary N) is 1. The van der Waals surface area contributed by atoms with Crippen molar-refractivity contribution in [1.29, 1.82) is 0 Å². The molecule has 0 saturated carbocycles. The fourth-order valence-corrected chi connectivity index (χ4v) is 1.39. The average molecular weight is 183 g/mol. The van der Waals surface area contributed by atoms with Gasteiger partial charge < -0.3 is 15.2 Å². The molecule has 0 saturated heterocycles. The highest BCUT2D eigenvalue weighted by molar-refractivity contribution is 5.45. The number of rotatable bonds is 1. The summed E-state index contributed by atoms with van der Waals surface area (Å²) in [6.45, 7) is 0.405. The Bertz CT molecular complexity index is 341. The van der Waals surface area contributed by atoms with Crippen LogP contribution in [0, 0.1) is 5.82 Å². The number of hydrogen-bond acceptors (Lipinski definition) is 3. The number of halogens is 1. The second-order valence-corrected chi connectivity index (χ2v) is 2.94. The van der Waals surface area contributed by atoms with Gasteiger partial charge in [-0.25, -0.2) is 4.39 Å². The van der Waals surface area contributed by atoms with Gasteiger partial charge in [0.05, 0.1) is 13.2 Å². The molecule has 2 rings (SSSR count). The zero-order chi connectivity index (χ0) is 9.42. The molecule has 0 bridgehead atoms. The highest BCUT2D eigenvalue weighted by Crippen LogP contribution is 2.35. The molecule has 2 N–H and O–H groups in total. The zero-order valence-corrected chi connectivity index (χ0v) is 7.21. The van der Waals surface area contributed by atoms with Crippen LogP contribution in [0.25, 0.3) is 0 Å². The fourth-order valence-electron chi connectivity index (χ4n) is 1.39. The molecular formula is C9H10FNO2. The van der Waals surface area contributed by atoms with Crippen LogP contribution in [0.1, 0.15) is 11.6 Å². The van der Waals surface area contributed by atoms with Gasteiger partial charge in [-0.05, 0) is 6.07 Å². The van der Waals surface area contributed by atoms with Crippen LogP contribution >= 0.6 is 0 Å². The maximum absolute atomic E-state index is 13.2. The van der Waals surface area contributed by atoms with Gasteiger partial charge in [-0.3, -0.25) is 0 Å². The van der Waals surface area contributed by atoms with Gasteiger partial charge in [0, 0.05) is 11.6 Å². The quantitative estimate of drug-likeness (QED) is 0.712. The lowest BCUT2D eigenvalue weighted by Crippen LogP contribution is -2.10. The van der Waals surface area contributed by atoms with Crippen LogP contribution in [0.3, 0.4) is 0 Å². The SMILES string of the molecule is COc1cc2c(cc1F)[C@H](N)CO2. The van der Waals surface area contributed by atoms with E-state index < -0.39 is 5.82 Å². The summed E-state index contributed by atoms with van der Waals surface area (Å²) in [5, 5.41) is 0. The van der Waals surface area contributed by atoms with Crippen molar-refractivity contribution in [2.75, 3.05) is 13.7 Å². The van der Waals surface area contributed by atoms with Gasteiger partial charge in [-0.15, -0.1) is 0 Å². The number of ether oxygens (including phenoxy) is 2. The largest absolute Gasteiger partial charge is 0.494 e. The first kappa shape index (κ1) is 8.31. The Morgan fingerprint density at radius 3 is 3.08 bits per heavy atom. The smallest absolute Gasteiger partial charge is 0.165 e. The molecule has 1 atom stereocenters. The molecule has 0 fully saturated rings. The summed E-state index contributed by atoms with van der Waals surface area (Å²) in [4.78, 5) is 0. The van der Waals surface area contributed by atoms with E-state index >= 15 is 0 Å². The van der Waals surface area contributed by atoms with Gasteiger partial charge in [0.25, 0.3) is 0 Å². The first-order chi connectivity index (χ1) is 6.22. The molecule has 4 heteroatoms. The minimum Gasteiger partial charge on any atom is -0.494 e. The molecule has 3 nitrogen and oxygen atoms in total. The lowest BCUT2D eigenvalue weighted by Gasteiger charge is -2.05. The van der Waals surface area contributed by atoms with Gasteiger partial charge in [0.15, 0.2) is 11.6 Å². The summed E-state index contributed by atoms with van der Waals surface area (Å²) in [6.07, 6.45) is 0. The van der Waals surface area contributed by atoms with E-state index in [0.717, 1.165) is 0 Å². The number of benzene rings is 1. The van der Waals surface area contributed by atoms with E-state index in [1.165, 1.54) is 19.2 Å². The van der Waals surface area contributed by atoms with Crippen LogP contribution in [0.4, 0.5) is 4.39 Å². The lowest BCUT2D eigenvalue weighted by molar-refractivity contribution is 0.330. The van der Waals surface area contributed by atoms with Gasteiger partial charge in [0.1, 0.15) is 12.4 Å². The van der Waals surface area contributed by atoms with E-state index in [1.807, 2.05) is 0 Å². The lowest BCUT2D eigenvalue weighted by atomic mass is 10.1. The number of fused-ring (bicyclic) bond motifs is 1. The van der Waals surface area contributed by atoms with Crippen molar-refractivity contribution in [3.63, 3.8) is 0 Å². The highest BCUT2D eigenvalue weighted by atomic mass is 19.1. The minimum absolute atomic E-state index is 0.188. The first-order valence-electron chi connectivity index (χ1n) is 3.98. The van der Waals surface area contributed by atoms with Crippen molar-refractivity contribution >= 4 is 0 Å². The Morgan fingerprint density at radius 2 is 2.38 bits per heavy atom. The molecule has 1 aromatic rings. The molecule has 0 unspecified atom stereocenters. The predicted octanol–water partition coefficient (Wildman–Crippen LogP) is 1.23. The van der Waals surface area contributed by atoms with Gasteiger partial charge in [-0.1, -0.05) is 0 Å². The summed E-state index contributed by atoms with van der Waals surface area (Å²) in [6, 6.07) is 2.67. The van der Waals surface area contributed by atoms with Crippen molar-refractivity contribution in [2.45, 2.75) is 6.04 Å². The molecule has 1 heterocycles. The minimum atomic E-state index is -0.401. The summed E-state index contributed by atoms with van der Waals surface area (Å²) < 4.78 is 23.2. The Labute approximate surface area is 75.3 Å². The van der Waals surface area contributed by atoms with Crippen LogP contribution in [-0.4, -0.2) is 13.7 Å². The molecule has 0 amide bonds. The van der Waals surface area contributed by atoms with Gasteiger partial charge in [-0.2, -0.15) is 0 Å². The van der Waals surface area contributed by atoms with Crippen molar-refractivity contribution in [3.8, 4) is 11.5 Å². The summed E-state index contributed by atoms with van der Waals surface area (Å²) in [7, 11) is 1.42. The van der Waals surface area contributed by atoms with Crippen LogP contribution in [0.5, 0.6) is 11.5 Å². The monoisotopic (exact) mass is 183 g/mol.